The SMILES string of the molecule is O=c1c(I)cccn1Cc1cc(F)ccc1F. The monoisotopic (exact) mass is 347 g/mol. The van der Waals surface area contributed by atoms with Crippen molar-refractivity contribution in [3.63, 3.8) is 0 Å². The first-order valence-corrected chi connectivity index (χ1v) is 5.94. The van der Waals surface area contributed by atoms with E-state index in [1.165, 1.54) is 4.57 Å². The van der Waals surface area contributed by atoms with E-state index in [0.717, 1.165) is 18.2 Å². The van der Waals surface area contributed by atoms with Crippen molar-refractivity contribution in [2.24, 2.45) is 0 Å². The maximum Gasteiger partial charge on any atom is 0.264 e. The summed E-state index contributed by atoms with van der Waals surface area (Å²) in [6.45, 7) is 0.0271. The number of rotatable bonds is 2. The molecule has 2 rings (SSSR count). The first-order valence-electron chi connectivity index (χ1n) is 4.87. The zero-order valence-corrected chi connectivity index (χ0v) is 10.8. The van der Waals surface area contributed by atoms with Gasteiger partial charge < -0.3 is 4.57 Å². The van der Waals surface area contributed by atoms with Crippen LogP contribution in [0, 0.1) is 15.2 Å². The molecular formula is C12H8F2INO. The number of nitrogens with zero attached hydrogens (tertiary/aromatic N) is 1. The predicted molar refractivity (Wildman–Crippen MR) is 68.9 cm³/mol. The lowest BCUT2D eigenvalue weighted by Gasteiger charge is -2.07. The molecule has 0 bridgehead atoms. The number of benzene rings is 1. The van der Waals surface area contributed by atoms with Gasteiger partial charge in [0.05, 0.1) is 10.1 Å². The van der Waals surface area contributed by atoms with Crippen LogP contribution in [0.1, 0.15) is 5.56 Å². The van der Waals surface area contributed by atoms with Crippen molar-refractivity contribution in [1.29, 1.82) is 0 Å². The van der Waals surface area contributed by atoms with Gasteiger partial charge in [-0.25, -0.2) is 8.78 Å². The van der Waals surface area contributed by atoms with Crippen LogP contribution in [0.2, 0.25) is 0 Å². The number of hydrogen-bond donors (Lipinski definition) is 0. The molecule has 0 aliphatic carbocycles. The van der Waals surface area contributed by atoms with Gasteiger partial charge in [0, 0.05) is 11.8 Å². The van der Waals surface area contributed by atoms with Crippen LogP contribution < -0.4 is 5.56 Å². The number of pyridine rings is 1. The van der Waals surface area contributed by atoms with Gasteiger partial charge in [-0.3, -0.25) is 4.79 Å². The van der Waals surface area contributed by atoms with Gasteiger partial charge >= 0.3 is 0 Å². The number of halogens is 3. The second-order valence-corrected chi connectivity index (χ2v) is 4.69. The van der Waals surface area contributed by atoms with Crippen molar-refractivity contribution < 1.29 is 8.78 Å². The Labute approximate surface area is 110 Å². The number of aromatic nitrogens is 1. The van der Waals surface area contributed by atoms with Gasteiger partial charge in [-0.2, -0.15) is 0 Å². The molecule has 2 nitrogen and oxygen atoms in total. The minimum Gasteiger partial charge on any atom is -0.310 e. The fourth-order valence-corrected chi connectivity index (χ4v) is 2.00. The van der Waals surface area contributed by atoms with Crippen molar-refractivity contribution in [3.8, 4) is 0 Å². The van der Waals surface area contributed by atoms with E-state index in [-0.39, 0.29) is 17.7 Å². The zero-order chi connectivity index (χ0) is 12.4. The van der Waals surface area contributed by atoms with Crippen LogP contribution in [0.5, 0.6) is 0 Å². The highest BCUT2D eigenvalue weighted by atomic mass is 127. The van der Waals surface area contributed by atoms with Crippen LogP contribution in [0.3, 0.4) is 0 Å². The minimum absolute atomic E-state index is 0.0271. The van der Waals surface area contributed by atoms with Gasteiger partial charge in [-0.1, -0.05) is 0 Å². The van der Waals surface area contributed by atoms with Crippen LogP contribution >= 0.6 is 22.6 Å². The van der Waals surface area contributed by atoms with E-state index in [0.29, 0.717) is 3.57 Å². The molecule has 0 unspecified atom stereocenters. The van der Waals surface area contributed by atoms with Gasteiger partial charge in [-0.15, -0.1) is 0 Å². The minimum atomic E-state index is -0.517. The third-order valence-electron chi connectivity index (χ3n) is 2.32. The summed E-state index contributed by atoms with van der Waals surface area (Å²) >= 11 is 1.91. The third kappa shape index (κ3) is 2.71. The van der Waals surface area contributed by atoms with Gasteiger partial charge in [-0.05, 0) is 52.9 Å². The van der Waals surface area contributed by atoms with Crippen LogP contribution in [0.25, 0.3) is 0 Å². The van der Waals surface area contributed by atoms with Gasteiger partial charge in [0.15, 0.2) is 0 Å². The Morgan fingerprint density at radius 1 is 1.24 bits per heavy atom. The Morgan fingerprint density at radius 2 is 2.00 bits per heavy atom. The lowest BCUT2D eigenvalue weighted by molar-refractivity contribution is 0.574. The van der Waals surface area contributed by atoms with Gasteiger partial charge in [0.1, 0.15) is 11.6 Å². The van der Waals surface area contributed by atoms with E-state index in [1.807, 2.05) is 22.6 Å². The molecule has 0 spiro atoms. The van der Waals surface area contributed by atoms with Crippen molar-refractivity contribution >= 4 is 22.6 Å². The lowest BCUT2D eigenvalue weighted by Crippen LogP contribution is -2.22. The molecule has 1 aromatic heterocycles. The Bertz CT molecular complexity index is 610. The van der Waals surface area contributed by atoms with Crippen LogP contribution in [-0.4, -0.2) is 4.57 Å². The second kappa shape index (κ2) is 4.95. The zero-order valence-electron chi connectivity index (χ0n) is 8.66. The molecule has 1 heterocycles. The molecule has 0 atom stereocenters. The first kappa shape index (κ1) is 12.2. The molecule has 2 aromatic rings. The second-order valence-electron chi connectivity index (χ2n) is 3.52. The van der Waals surface area contributed by atoms with Crippen molar-refractivity contribution in [1.82, 2.24) is 4.57 Å². The van der Waals surface area contributed by atoms with Crippen molar-refractivity contribution in [3.05, 3.63) is 67.7 Å². The number of hydrogen-bond acceptors (Lipinski definition) is 1. The summed E-state index contributed by atoms with van der Waals surface area (Å²) in [4.78, 5) is 11.7. The smallest absolute Gasteiger partial charge is 0.264 e. The molecule has 0 saturated carbocycles. The average Bonchev–Trinajstić information content (AvgIpc) is 2.30. The Morgan fingerprint density at radius 3 is 2.76 bits per heavy atom. The molecule has 1 aromatic carbocycles. The highest BCUT2D eigenvalue weighted by molar-refractivity contribution is 14.1. The molecular weight excluding hydrogens is 339 g/mol. The molecule has 0 saturated heterocycles. The fourth-order valence-electron chi connectivity index (χ4n) is 1.48. The van der Waals surface area contributed by atoms with Gasteiger partial charge in [0.25, 0.3) is 5.56 Å². The fraction of sp³-hybridized carbons (Fsp3) is 0.0833. The summed E-state index contributed by atoms with van der Waals surface area (Å²) in [6.07, 6.45) is 1.55. The predicted octanol–water partition coefficient (Wildman–Crippen LogP) is 2.78. The summed E-state index contributed by atoms with van der Waals surface area (Å²) in [5, 5.41) is 0. The third-order valence-corrected chi connectivity index (χ3v) is 3.14. The van der Waals surface area contributed by atoms with E-state index in [2.05, 4.69) is 0 Å². The molecule has 0 amide bonds. The summed E-state index contributed by atoms with van der Waals surface area (Å²) in [5.74, 6) is -1.03. The van der Waals surface area contributed by atoms with E-state index in [4.69, 9.17) is 0 Å². The Kier molecular flexibility index (Phi) is 3.56. The largest absolute Gasteiger partial charge is 0.310 e. The topological polar surface area (TPSA) is 22.0 Å². The average molecular weight is 347 g/mol. The molecule has 17 heavy (non-hydrogen) atoms. The Hall–Kier alpha value is -1.24. The molecule has 88 valence electrons. The van der Waals surface area contributed by atoms with Gasteiger partial charge in [0.2, 0.25) is 0 Å². The quantitative estimate of drug-likeness (QED) is 0.766. The first-order chi connectivity index (χ1) is 8.08. The van der Waals surface area contributed by atoms with E-state index in [1.54, 1.807) is 18.3 Å². The molecule has 0 fully saturated rings. The summed E-state index contributed by atoms with van der Waals surface area (Å²) < 4.78 is 28.3. The molecule has 0 aliphatic rings. The van der Waals surface area contributed by atoms with E-state index < -0.39 is 11.6 Å². The molecule has 5 heteroatoms. The van der Waals surface area contributed by atoms with E-state index in [9.17, 15) is 13.6 Å². The molecule has 0 aliphatic heterocycles. The maximum atomic E-state index is 13.4. The standard InChI is InChI=1S/C12H8F2INO/c13-9-3-4-10(14)8(6-9)7-16-5-1-2-11(15)12(16)17/h1-6H,7H2. The molecule has 0 N–H and O–H groups in total. The maximum absolute atomic E-state index is 13.4. The summed E-state index contributed by atoms with van der Waals surface area (Å²) in [5.41, 5.74) is -0.0501. The highest BCUT2D eigenvalue weighted by Crippen LogP contribution is 2.10. The summed E-state index contributed by atoms with van der Waals surface area (Å²) in [7, 11) is 0. The Balaban J connectivity index is 2.41. The normalized spacial score (nSPS) is 10.5. The van der Waals surface area contributed by atoms with Crippen LogP contribution in [-0.2, 0) is 6.54 Å². The van der Waals surface area contributed by atoms with Crippen LogP contribution in [0.4, 0.5) is 8.78 Å². The van der Waals surface area contributed by atoms with Crippen molar-refractivity contribution in [2.45, 2.75) is 6.54 Å². The highest BCUT2D eigenvalue weighted by Gasteiger charge is 2.06. The van der Waals surface area contributed by atoms with Crippen LogP contribution in [0.15, 0.2) is 41.3 Å². The molecule has 0 radical (unpaired) electrons. The van der Waals surface area contributed by atoms with E-state index >= 15 is 0 Å². The lowest BCUT2D eigenvalue weighted by atomic mass is 10.2. The summed E-state index contributed by atoms with van der Waals surface area (Å²) in [6, 6.07) is 6.57. The van der Waals surface area contributed by atoms with Crippen molar-refractivity contribution in [2.75, 3.05) is 0 Å².